The van der Waals surface area contributed by atoms with Crippen molar-refractivity contribution in [3.05, 3.63) is 42.0 Å². The lowest BCUT2D eigenvalue weighted by Crippen LogP contribution is -2.13. The Morgan fingerprint density at radius 2 is 2.11 bits per heavy atom. The average molecular weight is 260 g/mol. The van der Waals surface area contributed by atoms with Gasteiger partial charge in [-0.3, -0.25) is 0 Å². The van der Waals surface area contributed by atoms with E-state index in [9.17, 15) is 0 Å². The molecule has 0 fully saturated rings. The van der Waals surface area contributed by atoms with E-state index in [0.717, 1.165) is 36.8 Å². The van der Waals surface area contributed by atoms with Crippen molar-refractivity contribution in [3.63, 3.8) is 0 Å². The zero-order valence-electron chi connectivity index (χ0n) is 11.5. The van der Waals surface area contributed by atoms with Crippen LogP contribution in [0.15, 0.2) is 30.6 Å². The van der Waals surface area contributed by atoms with E-state index in [0.29, 0.717) is 6.61 Å². The Morgan fingerprint density at radius 3 is 2.89 bits per heavy atom. The third-order valence-electron chi connectivity index (χ3n) is 2.89. The van der Waals surface area contributed by atoms with Gasteiger partial charge in [0.1, 0.15) is 18.7 Å². The minimum absolute atomic E-state index is 0.441. The fourth-order valence-electron chi connectivity index (χ4n) is 1.86. The Morgan fingerprint density at radius 1 is 1.26 bits per heavy atom. The van der Waals surface area contributed by atoms with Crippen molar-refractivity contribution in [2.24, 2.45) is 0 Å². The summed E-state index contributed by atoms with van der Waals surface area (Å²) < 4.78 is 7.70. The van der Waals surface area contributed by atoms with Crippen LogP contribution in [0.4, 0.5) is 0 Å². The molecule has 0 amide bonds. The molecule has 102 valence electrons. The Kier molecular flexibility index (Phi) is 4.92. The fourth-order valence-corrected chi connectivity index (χ4v) is 1.86. The molecule has 1 aromatic carbocycles. The van der Waals surface area contributed by atoms with Crippen LogP contribution in [-0.4, -0.2) is 21.3 Å². The second kappa shape index (κ2) is 6.89. The molecule has 1 aromatic heterocycles. The Hall–Kier alpha value is -1.88. The van der Waals surface area contributed by atoms with Crippen molar-refractivity contribution >= 4 is 0 Å². The summed E-state index contributed by atoms with van der Waals surface area (Å²) in [6, 6.07) is 8.06. The van der Waals surface area contributed by atoms with Crippen LogP contribution in [0.25, 0.3) is 0 Å². The number of nitrogens with one attached hydrogen (secondary N) is 1. The maximum Gasteiger partial charge on any atom is 0.164 e. The van der Waals surface area contributed by atoms with Crippen LogP contribution in [-0.2, 0) is 19.7 Å². The predicted octanol–water partition coefficient (Wildman–Crippen LogP) is 1.99. The minimum atomic E-state index is 0.441. The van der Waals surface area contributed by atoms with Crippen LogP contribution < -0.4 is 10.1 Å². The third-order valence-corrected chi connectivity index (χ3v) is 2.89. The smallest absolute Gasteiger partial charge is 0.164 e. The molecule has 0 saturated heterocycles. The summed E-state index contributed by atoms with van der Waals surface area (Å²) in [5.74, 6) is 1.75. The van der Waals surface area contributed by atoms with Gasteiger partial charge in [-0.15, -0.1) is 0 Å². The summed E-state index contributed by atoms with van der Waals surface area (Å²) in [5, 5.41) is 7.44. The molecule has 5 heteroatoms. The molecule has 0 saturated carbocycles. The lowest BCUT2D eigenvalue weighted by atomic mass is 10.2. The van der Waals surface area contributed by atoms with E-state index in [4.69, 9.17) is 4.74 Å². The monoisotopic (exact) mass is 260 g/mol. The number of aromatic nitrogens is 3. The molecular weight excluding hydrogens is 240 g/mol. The summed E-state index contributed by atoms with van der Waals surface area (Å²) in [4.78, 5) is 4.21. The van der Waals surface area contributed by atoms with E-state index in [2.05, 4.69) is 28.4 Å². The maximum atomic E-state index is 5.86. The molecule has 1 N–H and O–H groups in total. The van der Waals surface area contributed by atoms with Gasteiger partial charge in [-0.05, 0) is 19.5 Å². The first kappa shape index (κ1) is 13.5. The van der Waals surface area contributed by atoms with Crippen LogP contribution in [0.3, 0.4) is 0 Å². The van der Waals surface area contributed by atoms with Crippen molar-refractivity contribution in [1.82, 2.24) is 20.1 Å². The molecular formula is C14H20N4O. The Labute approximate surface area is 113 Å². The molecule has 1 heterocycles. The molecule has 0 aliphatic rings. The SMILES string of the molecule is CCNCc1ccccc1OCc1ncnn1CC. The largest absolute Gasteiger partial charge is 0.485 e. The van der Waals surface area contributed by atoms with Crippen molar-refractivity contribution in [2.45, 2.75) is 33.5 Å². The van der Waals surface area contributed by atoms with Gasteiger partial charge in [-0.2, -0.15) is 5.10 Å². The number of aryl methyl sites for hydroxylation is 1. The van der Waals surface area contributed by atoms with Crippen LogP contribution in [0.1, 0.15) is 25.2 Å². The van der Waals surface area contributed by atoms with E-state index in [1.54, 1.807) is 6.33 Å². The summed E-state index contributed by atoms with van der Waals surface area (Å²) in [6.45, 7) is 7.13. The first-order valence-corrected chi connectivity index (χ1v) is 6.63. The van der Waals surface area contributed by atoms with E-state index in [1.165, 1.54) is 0 Å². The number of para-hydroxylation sites is 1. The topological polar surface area (TPSA) is 52.0 Å². The minimum Gasteiger partial charge on any atom is -0.485 e. The van der Waals surface area contributed by atoms with Gasteiger partial charge < -0.3 is 10.1 Å². The summed E-state index contributed by atoms with van der Waals surface area (Å²) in [7, 11) is 0. The first-order valence-electron chi connectivity index (χ1n) is 6.63. The maximum absolute atomic E-state index is 5.86. The van der Waals surface area contributed by atoms with E-state index in [1.807, 2.05) is 29.8 Å². The number of benzene rings is 1. The first-order chi connectivity index (χ1) is 9.35. The van der Waals surface area contributed by atoms with E-state index >= 15 is 0 Å². The molecule has 0 aliphatic heterocycles. The van der Waals surface area contributed by atoms with Crippen LogP contribution in [0, 0.1) is 0 Å². The second-order valence-electron chi connectivity index (χ2n) is 4.17. The highest BCUT2D eigenvalue weighted by molar-refractivity contribution is 5.33. The van der Waals surface area contributed by atoms with Gasteiger partial charge in [0.15, 0.2) is 5.82 Å². The number of rotatable bonds is 7. The Bertz CT molecular complexity index is 510. The van der Waals surface area contributed by atoms with E-state index < -0.39 is 0 Å². The third kappa shape index (κ3) is 3.54. The molecule has 0 radical (unpaired) electrons. The van der Waals surface area contributed by atoms with Gasteiger partial charge in [0.2, 0.25) is 0 Å². The molecule has 5 nitrogen and oxygen atoms in total. The number of hydrogen-bond acceptors (Lipinski definition) is 4. The highest BCUT2D eigenvalue weighted by atomic mass is 16.5. The summed E-state index contributed by atoms with van der Waals surface area (Å²) >= 11 is 0. The predicted molar refractivity (Wildman–Crippen MR) is 73.9 cm³/mol. The van der Waals surface area contributed by atoms with Crippen molar-refractivity contribution in [2.75, 3.05) is 6.54 Å². The molecule has 0 unspecified atom stereocenters. The van der Waals surface area contributed by atoms with Crippen LogP contribution in [0.2, 0.25) is 0 Å². The van der Waals surface area contributed by atoms with Gasteiger partial charge in [-0.1, -0.05) is 25.1 Å². The van der Waals surface area contributed by atoms with Gasteiger partial charge in [0, 0.05) is 18.7 Å². The zero-order chi connectivity index (χ0) is 13.5. The standard InChI is InChI=1S/C14H20N4O/c1-3-15-9-12-7-5-6-8-13(12)19-10-14-16-11-17-18(14)4-2/h5-8,11,15H,3-4,9-10H2,1-2H3. The second-order valence-corrected chi connectivity index (χ2v) is 4.17. The van der Waals surface area contributed by atoms with Gasteiger partial charge in [0.25, 0.3) is 0 Å². The molecule has 2 aromatic rings. The zero-order valence-corrected chi connectivity index (χ0v) is 11.5. The number of nitrogens with zero attached hydrogens (tertiary/aromatic N) is 3. The van der Waals surface area contributed by atoms with Crippen molar-refractivity contribution < 1.29 is 4.74 Å². The van der Waals surface area contributed by atoms with Crippen molar-refractivity contribution in [1.29, 1.82) is 0 Å². The van der Waals surface area contributed by atoms with Crippen LogP contribution >= 0.6 is 0 Å². The number of ether oxygens (including phenoxy) is 1. The van der Waals surface area contributed by atoms with Gasteiger partial charge in [0.05, 0.1) is 0 Å². The molecule has 0 spiro atoms. The highest BCUT2D eigenvalue weighted by Crippen LogP contribution is 2.18. The lowest BCUT2D eigenvalue weighted by molar-refractivity contribution is 0.284. The average Bonchev–Trinajstić information content (AvgIpc) is 2.91. The quantitative estimate of drug-likeness (QED) is 0.827. The van der Waals surface area contributed by atoms with Crippen LogP contribution in [0.5, 0.6) is 5.75 Å². The van der Waals surface area contributed by atoms with Gasteiger partial charge >= 0.3 is 0 Å². The van der Waals surface area contributed by atoms with Gasteiger partial charge in [-0.25, -0.2) is 9.67 Å². The fraction of sp³-hybridized carbons (Fsp3) is 0.429. The highest BCUT2D eigenvalue weighted by Gasteiger charge is 2.06. The molecule has 0 aliphatic carbocycles. The summed E-state index contributed by atoms with van der Waals surface area (Å²) in [5.41, 5.74) is 1.16. The number of hydrogen-bond donors (Lipinski definition) is 1. The van der Waals surface area contributed by atoms with E-state index in [-0.39, 0.29) is 0 Å². The van der Waals surface area contributed by atoms with Crippen molar-refractivity contribution in [3.8, 4) is 5.75 Å². The lowest BCUT2D eigenvalue weighted by Gasteiger charge is -2.11. The molecule has 19 heavy (non-hydrogen) atoms. The normalized spacial score (nSPS) is 10.6. The summed E-state index contributed by atoms with van der Waals surface area (Å²) in [6.07, 6.45) is 1.56. The molecule has 2 rings (SSSR count). The Balaban J connectivity index is 2.02. The molecule has 0 bridgehead atoms. The molecule has 0 atom stereocenters.